The van der Waals surface area contributed by atoms with Crippen molar-refractivity contribution in [3.05, 3.63) is 47.5 Å². The summed E-state index contributed by atoms with van der Waals surface area (Å²) in [5.74, 6) is -0.982. The lowest BCUT2D eigenvalue weighted by atomic mass is 9.90. The standard InChI is InChI=1S/C16H15NO4/c1-16(8-18,9-19)17-14(20)11-6-2-4-10-5-3-7-12(13(10)11)15(17)21/h2-7,18-19H,8-9H2,1H3. The van der Waals surface area contributed by atoms with E-state index in [1.807, 2.05) is 12.1 Å². The minimum Gasteiger partial charge on any atom is -0.394 e. The van der Waals surface area contributed by atoms with Gasteiger partial charge in [-0.15, -0.1) is 0 Å². The lowest BCUT2D eigenvalue weighted by Gasteiger charge is -2.39. The summed E-state index contributed by atoms with van der Waals surface area (Å²) < 4.78 is 0. The van der Waals surface area contributed by atoms with Gasteiger partial charge in [-0.25, -0.2) is 0 Å². The Kier molecular flexibility index (Phi) is 3.04. The SMILES string of the molecule is CC(CO)(CO)N1C(=O)c2cccc3cccc(c23)C1=O. The Balaban J connectivity index is 2.29. The molecule has 0 aliphatic carbocycles. The molecule has 2 aromatic carbocycles. The maximum absolute atomic E-state index is 12.7. The van der Waals surface area contributed by atoms with Crippen molar-refractivity contribution in [1.29, 1.82) is 0 Å². The lowest BCUT2D eigenvalue weighted by molar-refractivity contribution is 0.00601. The average molecular weight is 285 g/mol. The third-order valence-corrected chi connectivity index (χ3v) is 3.99. The zero-order valence-corrected chi connectivity index (χ0v) is 11.5. The number of nitrogens with zero attached hydrogens (tertiary/aromatic N) is 1. The molecule has 1 aliphatic rings. The average Bonchev–Trinajstić information content (AvgIpc) is 2.52. The van der Waals surface area contributed by atoms with Gasteiger partial charge >= 0.3 is 0 Å². The second-order valence-corrected chi connectivity index (χ2v) is 5.47. The number of imide groups is 1. The molecule has 0 aromatic heterocycles. The van der Waals surface area contributed by atoms with E-state index in [1.165, 1.54) is 6.92 Å². The molecule has 3 rings (SSSR count). The zero-order valence-electron chi connectivity index (χ0n) is 11.5. The van der Waals surface area contributed by atoms with Gasteiger partial charge in [-0.3, -0.25) is 14.5 Å². The quantitative estimate of drug-likeness (QED) is 0.830. The highest BCUT2D eigenvalue weighted by molar-refractivity contribution is 6.25. The Labute approximate surface area is 121 Å². The molecule has 0 fully saturated rings. The maximum atomic E-state index is 12.7. The van der Waals surface area contributed by atoms with Gasteiger partial charge in [0.2, 0.25) is 0 Å². The van der Waals surface area contributed by atoms with Crippen molar-refractivity contribution in [2.24, 2.45) is 0 Å². The monoisotopic (exact) mass is 285 g/mol. The first-order valence-electron chi connectivity index (χ1n) is 6.66. The highest BCUT2D eigenvalue weighted by Crippen LogP contribution is 2.33. The van der Waals surface area contributed by atoms with Gasteiger partial charge in [0.25, 0.3) is 11.8 Å². The van der Waals surface area contributed by atoms with Crippen LogP contribution in [0.5, 0.6) is 0 Å². The van der Waals surface area contributed by atoms with Crippen LogP contribution in [0.15, 0.2) is 36.4 Å². The molecule has 0 saturated heterocycles. The van der Waals surface area contributed by atoms with E-state index < -0.39 is 30.6 Å². The maximum Gasteiger partial charge on any atom is 0.262 e. The van der Waals surface area contributed by atoms with Gasteiger partial charge < -0.3 is 10.2 Å². The van der Waals surface area contributed by atoms with Crippen LogP contribution in [0.25, 0.3) is 10.8 Å². The van der Waals surface area contributed by atoms with Gasteiger partial charge in [0.15, 0.2) is 0 Å². The van der Waals surface area contributed by atoms with Gasteiger partial charge in [0, 0.05) is 16.5 Å². The van der Waals surface area contributed by atoms with E-state index in [0.717, 1.165) is 10.3 Å². The molecule has 5 heteroatoms. The summed E-state index contributed by atoms with van der Waals surface area (Å²) in [6.07, 6.45) is 0. The van der Waals surface area contributed by atoms with Crippen LogP contribution in [0.3, 0.4) is 0 Å². The molecule has 108 valence electrons. The molecule has 1 heterocycles. The molecule has 0 saturated carbocycles. The summed E-state index contributed by atoms with van der Waals surface area (Å²) in [5.41, 5.74) is -0.504. The molecular formula is C16H15NO4. The Morgan fingerprint density at radius 1 is 0.952 bits per heavy atom. The van der Waals surface area contributed by atoms with Crippen LogP contribution >= 0.6 is 0 Å². The minimum atomic E-state index is -1.33. The van der Waals surface area contributed by atoms with E-state index >= 15 is 0 Å². The highest BCUT2D eigenvalue weighted by Gasteiger charge is 2.43. The Morgan fingerprint density at radius 2 is 1.43 bits per heavy atom. The molecule has 0 spiro atoms. The predicted octanol–water partition coefficient (Wildman–Crippen LogP) is 1.18. The minimum absolute atomic E-state index is 0.413. The topological polar surface area (TPSA) is 77.8 Å². The van der Waals surface area contributed by atoms with Gasteiger partial charge in [0.1, 0.15) is 0 Å². The number of aliphatic hydroxyl groups is 2. The number of aliphatic hydroxyl groups excluding tert-OH is 2. The first-order valence-corrected chi connectivity index (χ1v) is 6.66. The van der Waals surface area contributed by atoms with Crippen LogP contribution in [0.1, 0.15) is 27.6 Å². The fourth-order valence-electron chi connectivity index (χ4n) is 2.71. The Morgan fingerprint density at radius 3 is 1.86 bits per heavy atom. The van der Waals surface area contributed by atoms with E-state index in [2.05, 4.69) is 0 Å². The van der Waals surface area contributed by atoms with Crippen LogP contribution in [-0.4, -0.2) is 45.7 Å². The third kappa shape index (κ3) is 1.78. The van der Waals surface area contributed by atoms with Gasteiger partial charge in [-0.05, 0) is 24.4 Å². The summed E-state index contributed by atoms with van der Waals surface area (Å²) in [5, 5.41) is 20.5. The predicted molar refractivity (Wildman–Crippen MR) is 77.0 cm³/mol. The van der Waals surface area contributed by atoms with Crippen molar-refractivity contribution in [1.82, 2.24) is 4.90 Å². The van der Waals surface area contributed by atoms with Crippen molar-refractivity contribution < 1.29 is 19.8 Å². The van der Waals surface area contributed by atoms with Crippen LogP contribution in [-0.2, 0) is 0 Å². The van der Waals surface area contributed by atoms with Crippen molar-refractivity contribution in [2.45, 2.75) is 12.5 Å². The van der Waals surface area contributed by atoms with Crippen LogP contribution in [0, 0.1) is 0 Å². The van der Waals surface area contributed by atoms with Crippen LogP contribution in [0.4, 0.5) is 0 Å². The number of hydrogen-bond donors (Lipinski definition) is 2. The van der Waals surface area contributed by atoms with E-state index in [-0.39, 0.29) is 0 Å². The molecule has 2 aromatic rings. The molecule has 2 amide bonds. The summed E-state index contributed by atoms with van der Waals surface area (Å²) in [6, 6.07) is 10.5. The highest BCUT2D eigenvalue weighted by atomic mass is 16.3. The van der Waals surface area contributed by atoms with Crippen molar-refractivity contribution in [3.63, 3.8) is 0 Å². The second-order valence-electron chi connectivity index (χ2n) is 5.47. The van der Waals surface area contributed by atoms with E-state index in [1.54, 1.807) is 24.3 Å². The lowest BCUT2D eigenvalue weighted by Crippen LogP contribution is -2.58. The van der Waals surface area contributed by atoms with Gasteiger partial charge in [-0.2, -0.15) is 0 Å². The van der Waals surface area contributed by atoms with Crippen molar-refractivity contribution >= 4 is 22.6 Å². The first kappa shape index (κ1) is 13.7. The molecule has 2 N–H and O–H groups in total. The van der Waals surface area contributed by atoms with Gasteiger partial charge in [0.05, 0.1) is 18.8 Å². The molecule has 0 bridgehead atoms. The van der Waals surface area contributed by atoms with Gasteiger partial charge in [-0.1, -0.05) is 24.3 Å². The number of rotatable bonds is 3. The van der Waals surface area contributed by atoms with Crippen LogP contribution < -0.4 is 0 Å². The molecule has 21 heavy (non-hydrogen) atoms. The molecule has 1 aliphatic heterocycles. The Bertz CT molecular complexity index is 698. The smallest absolute Gasteiger partial charge is 0.262 e. The summed E-state index contributed by atoms with van der Waals surface area (Å²) in [4.78, 5) is 26.3. The summed E-state index contributed by atoms with van der Waals surface area (Å²) >= 11 is 0. The number of benzene rings is 2. The fourth-order valence-corrected chi connectivity index (χ4v) is 2.71. The number of carbonyl (C=O) groups is 2. The first-order chi connectivity index (χ1) is 10.0. The van der Waals surface area contributed by atoms with Crippen LogP contribution in [0.2, 0.25) is 0 Å². The molecule has 0 atom stereocenters. The van der Waals surface area contributed by atoms with Crippen molar-refractivity contribution in [3.8, 4) is 0 Å². The molecule has 5 nitrogen and oxygen atoms in total. The molecular weight excluding hydrogens is 270 g/mol. The summed E-state index contributed by atoms with van der Waals surface area (Å²) in [6.45, 7) is 0.481. The molecule has 0 unspecified atom stereocenters. The normalized spacial score (nSPS) is 14.9. The number of carbonyl (C=O) groups excluding carboxylic acids is 2. The number of amides is 2. The fraction of sp³-hybridized carbons (Fsp3) is 0.250. The third-order valence-electron chi connectivity index (χ3n) is 3.99. The largest absolute Gasteiger partial charge is 0.394 e. The second kappa shape index (κ2) is 4.65. The Hall–Kier alpha value is -2.24. The summed E-state index contributed by atoms with van der Waals surface area (Å²) in [7, 11) is 0. The molecule has 0 radical (unpaired) electrons. The van der Waals surface area contributed by atoms with E-state index in [0.29, 0.717) is 16.5 Å². The number of hydrogen-bond acceptors (Lipinski definition) is 4. The van der Waals surface area contributed by atoms with E-state index in [9.17, 15) is 19.8 Å². The van der Waals surface area contributed by atoms with E-state index in [4.69, 9.17) is 0 Å². The van der Waals surface area contributed by atoms with Crippen molar-refractivity contribution in [2.75, 3.05) is 13.2 Å². The zero-order chi connectivity index (χ0) is 15.2.